The molecule has 1 aliphatic rings. The number of rotatable bonds is 0. The van der Waals surface area contributed by atoms with Crippen molar-refractivity contribution in [3.05, 3.63) is 23.2 Å². The molecular weight excluding hydrogens is 204 g/mol. The minimum absolute atomic E-state index is 0.791. The Kier molecular flexibility index (Phi) is 1.58. The van der Waals surface area contributed by atoms with E-state index in [1.165, 1.54) is 28.2 Å². The molecule has 3 rings (SSSR count). The number of thiol groups is 1. The van der Waals surface area contributed by atoms with Crippen LogP contribution in [0.5, 0.6) is 0 Å². The summed E-state index contributed by atoms with van der Waals surface area (Å²) in [4.78, 5) is 4.53. The van der Waals surface area contributed by atoms with Crippen LogP contribution >= 0.6 is 23.4 Å². The highest BCUT2D eigenvalue weighted by molar-refractivity contribution is 7.99. The first-order valence-electron chi connectivity index (χ1n) is 4.18. The third-order valence-electron chi connectivity index (χ3n) is 2.27. The molecule has 0 aliphatic carbocycles. The zero-order valence-corrected chi connectivity index (χ0v) is 8.52. The number of aromatic nitrogens is 2. The third kappa shape index (κ3) is 1.07. The topological polar surface area (TPSA) is 17.8 Å². The van der Waals surface area contributed by atoms with E-state index in [4.69, 9.17) is 11.6 Å². The molecule has 13 heavy (non-hydrogen) atoms. The van der Waals surface area contributed by atoms with Crippen LogP contribution in [0.1, 0.15) is 0 Å². The van der Waals surface area contributed by atoms with Crippen LogP contribution in [0, 0.1) is 0 Å². The minimum Gasteiger partial charge on any atom is -0.319 e. The van der Waals surface area contributed by atoms with Crippen molar-refractivity contribution in [3.63, 3.8) is 0 Å². The van der Waals surface area contributed by atoms with E-state index >= 15 is 0 Å². The van der Waals surface area contributed by atoms with Gasteiger partial charge in [0, 0.05) is 17.3 Å². The Morgan fingerprint density at radius 2 is 2.38 bits per heavy atom. The van der Waals surface area contributed by atoms with Crippen molar-refractivity contribution in [1.29, 1.82) is 0 Å². The second kappa shape index (κ2) is 2.66. The van der Waals surface area contributed by atoms with E-state index in [9.17, 15) is 0 Å². The van der Waals surface area contributed by atoms with E-state index in [1.54, 1.807) is 0 Å². The Hall–Kier alpha value is -0.670. The van der Waals surface area contributed by atoms with E-state index in [-0.39, 0.29) is 0 Å². The van der Waals surface area contributed by atoms with Crippen LogP contribution in [-0.2, 0) is 6.54 Å². The lowest BCUT2D eigenvalue weighted by Crippen LogP contribution is -1.91. The summed E-state index contributed by atoms with van der Waals surface area (Å²) < 4.78 is 2.25. The van der Waals surface area contributed by atoms with Crippen LogP contribution in [0.4, 0.5) is 0 Å². The van der Waals surface area contributed by atoms with Crippen LogP contribution < -0.4 is 0 Å². The Morgan fingerprint density at radius 1 is 1.46 bits per heavy atom. The van der Waals surface area contributed by atoms with Crippen LogP contribution in [-0.4, -0.2) is 15.3 Å². The molecule has 2 aromatic rings. The SMILES string of the molecule is Clc1ccc2nc3n(c2c1)CC[SH]3. The zero-order chi connectivity index (χ0) is 8.84. The van der Waals surface area contributed by atoms with Crippen molar-refractivity contribution in [2.24, 2.45) is 0 Å². The number of benzene rings is 1. The number of hydrogen-bond acceptors (Lipinski definition) is 1. The molecule has 1 aromatic carbocycles. The summed E-state index contributed by atoms with van der Waals surface area (Å²) >= 11 is 7.27. The smallest absolute Gasteiger partial charge is 0.156 e. The molecule has 0 N–H and O–H groups in total. The first-order valence-corrected chi connectivity index (χ1v) is 5.64. The lowest BCUT2D eigenvalue weighted by atomic mass is 10.3. The second-order valence-electron chi connectivity index (χ2n) is 3.08. The fourth-order valence-corrected chi connectivity index (χ4v) is 2.90. The summed E-state index contributed by atoms with van der Waals surface area (Å²) in [5.74, 6) is 1.19. The monoisotopic (exact) mass is 211 g/mol. The van der Waals surface area contributed by atoms with Crippen molar-refractivity contribution in [2.75, 3.05) is 5.75 Å². The molecule has 2 heterocycles. The van der Waals surface area contributed by atoms with Gasteiger partial charge in [0.15, 0.2) is 5.16 Å². The number of imidazole rings is 1. The predicted octanol–water partition coefficient (Wildman–Crippen LogP) is 2.53. The Bertz CT molecular complexity index is 478. The normalized spacial score (nSPS) is 15.2. The number of halogens is 1. The van der Waals surface area contributed by atoms with Crippen molar-refractivity contribution in [2.45, 2.75) is 11.7 Å². The molecule has 2 nitrogen and oxygen atoms in total. The van der Waals surface area contributed by atoms with Crippen LogP contribution in [0.2, 0.25) is 5.02 Å². The maximum absolute atomic E-state index is 5.93. The quantitative estimate of drug-likeness (QED) is 0.663. The molecule has 0 bridgehead atoms. The number of nitrogens with zero attached hydrogens (tertiary/aromatic N) is 2. The Labute approximate surface area is 84.9 Å². The average molecular weight is 212 g/mol. The molecule has 0 atom stereocenters. The molecule has 0 unspecified atom stereocenters. The van der Waals surface area contributed by atoms with Gasteiger partial charge in [0.2, 0.25) is 0 Å². The lowest BCUT2D eigenvalue weighted by Gasteiger charge is -1.96. The molecule has 1 aliphatic heterocycles. The summed E-state index contributed by atoms with van der Waals surface area (Å²) in [6.07, 6.45) is 0. The van der Waals surface area contributed by atoms with E-state index in [0.29, 0.717) is 0 Å². The largest absolute Gasteiger partial charge is 0.319 e. The van der Waals surface area contributed by atoms with Crippen molar-refractivity contribution < 1.29 is 0 Å². The molecule has 1 radical (unpaired) electrons. The highest BCUT2D eigenvalue weighted by atomic mass is 35.5. The fourth-order valence-electron chi connectivity index (χ4n) is 1.67. The Morgan fingerprint density at radius 3 is 3.31 bits per heavy atom. The van der Waals surface area contributed by atoms with Crippen LogP contribution in [0.25, 0.3) is 11.0 Å². The maximum Gasteiger partial charge on any atom is 0.156 e. The zero-order valence-electron chi connectivity index (χ0n) is 6.87. The van der Waals surface area contributed by atoms with Gasteiger partial charge < -0.3 is 4.57 Å². The highest BCUT2D eigenvalue weighted by Gasteiger charge is 2.15. The van der Waals surface area contributed by atoms with Gasteiger partial charge in [-0.2, -0.15) is 11.8 Å². The summed E-state index contributed by atoms with van der Waals surface area (Å²) in [5.41, 5.74) is 2.24. The fraction of sp³-hybridized carbons (Fsp3) is 0.222. The first kappa shape index (κ1) is 7.71. The third-order valence-corrected chi connectivity index (χ3v) is 3.55. The van der Waals surface area contributed by atoms with Crippen LogP contribution in [0.15, 0.2) is 23.4 Å². The molecule has 0 amide bonds. The van der Waals surface area contributed by atoms with E-state index in [2.05, 4.69) is 9.55 Å². The highest BCUT2D eigenvalue weighted by Crippen LogP contribution is 2.30. The van der Waals surface area contributed by atoms with Gasteiger partial charge >= 0.3 is 0 Å². The molecule has 4 heteroatoms. The van der Waals surface area contributed by atoms with E-state index in [0.717, 1.165) is 17.1 Å². The van der Waals surface area contributed by atoms with Crippen molar-refractivity contribution >= 4 is 34.4 Å². The van der Waals surface area contributed by atoms with Gasteiger partial charge in [-0.25, -0.2) is 4.98 Å². The standard InChI is InChI=1S/C9H8ClN2S/c10-6-1-2-7-8(5-6)12-3-4-13-9(12)11-7/h1-2,5,13H,3-4H2. The van der Waals surface area contributed by atoms with Gasteiger partial charge in [0.1, 0.15) is 0 Å². The van der Waals surface area contributed by atoms with Crippen molar-refractivity contribution in [1.82, 2.24) is 9.55 Å². The summed E-state index contributed by atoms with van der Waals surface area (Å²) in [5, 5.41) is 1.97. The van der Waals surface area contributed by atoms with Gasteiger partial charge in [0.05, 0.1) is 11.0 Å². The summed E-state index contributed by atoms with van der Waals surface area (Å²) in [6, 6.07) is 5.87. The van der Waals surface area contributed by atoms with Crippen molar-refractivity contribution in [3.8, 4) is 0 Å². The van der Waals surface area contributed by atoms with E-state index < -0.39 is 0 Å². The second-order valence-corrected chi connectivity index (χ2v) is 4.68. The van der Waals surface area contributed by atoms with Gasteiger partial charge in [-0.15, -0.1) is 0 Å². The van der Waals surface area contributed by atoms with Crippen LogP contribution in [0.3, 0.4) is 0 Å². The molecule has 1 aromatic heterocycles. The van der Waals surface area contributed by atoms with Gasteiger partial charge in [-0.1, -0.05) is 11.6 Å². The maximum atomic E-state index is 5.93. The van der Waals surface area contributed by atoms with Gasteiger partial charge in [0.25, 0.3) is 0 Å². The molecule has 0 fully saturated rings. The Balaban J connectivity index is 2.40. The predicted molar refractivity (Wildman–Crippen MR) is 56.9 cm³/mol. The molecule has 0 spiro atoms. The van der Waals surface area contributed by atoms with E-state index in [1.807, 2.05) is 18.2 Å². The molecule has 0 saturated carbocycles. The number of aryl methyl sites for hydroxylation is 1. The average Bonchev–Trinajstić information content (AvgIpc) is 2.64. The van der Waals surface area contributed by atoms with Gasteiger partial charge in [-0.3, -0.25) is 0 Å². The molecule has 67 valence electrons. The first-order chi connectivity index (χ1) is 6.34. The summed E-state index contributed by atoms with van der Waals surface area (Å²) in [6.45, 7) is 1.08. The minimum atomic E-state index is 0.791. The number of hydrogen-bond donors (Lipinski definition) is 1. The number of fused-ring (bicyclic) bond motifs is 3. The lowest BCUT2D eigenvalue weighted by molar-refractivity contribution is 0.743. The molecule has 0 saturated heterocycles. The summed E-state index contributed by atoms with van der Waals surface area (Å²) in [7, 11) is 0. The molecular formula is C9H8ClN2S. The van der Waals surface area contributed by atoms with Gasteiger partial charge in [-0.05, 0) is 18.2 Å².